The van der Waals surface area contributed by atoms with Crippen LogP contribution in [0.3, 0.4) is 0 Å². The van der Waals surface area contributed by atoms with E-state index in [-0.39, 0.29) is 5.91 Å². The van der Waals surface area contributed by atoms with Crippen LogP contribution >= 0.6 is 11.6 Å². The average Bonchev–Trinajstić information content (AvgIpc) is 3.28. The zero-order valence-corrected chi connectivity index (χ0v) is 16.2. The lowest BCUT2D eigenvalue weighted by atomic mass is 10.2. The standard InChI is InChI=1S/C21H20ClN5O/c1-26-19-7-6-16(22)13-18(19)25-20(26)8-9-21(28)24-17-5-2-4-15(12-17)14-27-11-3-10-23-27/h2-7,10-13H,8-9,14H2,1H3,(H,24,28). The summed E-state index contributed by atoms with van der Waals surface area (Å²) in [7, 11) is 1.95. The molecule has 0 saturated heterocycles. The molecule has 6 nitrogen and oxygen atoms in total. The quantitative estimate of drug-likeness (QED) is 0.537. The largest absolute Gasteiger partial charge is 0.331 e. The Morgan fingerprint density at radius 2 is 2.07 bits per heavy atom. The van der Waals surface area contributed by atoms with Gasteiger partial charge >= 0.3 is 0 Å². The van der Waals surface area contributed by atoms with Crippen molar-refractivity contribution in [3.8, 4) is 0 Å². The molecule has 0 radical (unpaired) electrons. The van der Waals surface area contributed by atoms with E-state index < -0.39 is 0 Å². The van der Waals surface area contributed by atoms with Crippen molar-refractivity contribution in [3.63, 3.8) is 0 Å². The van der Waals surface area contributed by atoms with E-state index in [1.165, 1.54) is 0 Å². The van der Waals surface area contributed by atoms with Gasteiger partial charge in [0.2, 0.25) is 5.91 Å². The van der Waals surface area contributed by atoms with E-state index in [1.54, 1.807) is 6.20 Å². The Labute approximate surface area is 167 Å². The number of halogens is 1. The summed E-state index contributed by atoms with van der Waals surface area (Å²) >= 11 is 6.04. The molecule has 0 saturated carbocycles. The molecular weight excluding hydrogens is 374 g/mol. The molecule has 1 amide bonds. The van der Waals surface area contributed by atoms with Gasteiger partial charge in [0.25, 0.3) is 0 Å². The van der Waals surface area contributed by atoms with Gasteiger partial charge < -0.3 is 9.88 Å². The van der Waals surface area contributed by atoms with E-state index in [0.29, 0.717) is 24.4 Å². The lowest BCUT2D eigenvalue weighted by Crippen LogP contribution is -2.14. The molecule has 2 aromatic heterocycles. The first kappa shape index (κ1) is 18.3. The van der Waals surface area contributed by atoms with E-state index in [4.69, 9.17) is 11.6 Å². The summed E-state index contributed by atoms with van der Waals surface area (Å²) in [5.41, 5.74) is 3.71. The summed E-state index contributed by atoms with van der Waals surface area (Å²) in [6.07, 6.45) is 4.58. The highest BCUT2D eigenvalue weighted by Crippen LogP contribution is 2.20. The molecule has 0 unspecified atom stereocenters. The van der Waals surface area contributed by atoms with Gasteiger partial charge in [-0.2, -0.15) is 5.10 Å². The molecule has 0 aliphatic heterocycles. The van der Waals surface area contributed by atoms with E-state index >= 15 is 0 Å². The third-order valence-electron chi connectivity index (χ3n) is 4.63. The number of nitrogens with zero attached hydrogens (tertiary/aromatic N) is 4. The van der Waals surface area contributed by atoms with Gasteiger partial charge in [-0.15, -0.1) is 0 Å². The number of amides is 1. The molecule has 0 atom stereocenters. The molecule has 2 heterocycles. The SMILES string of the molecule is Cn1c(CCC(=O)Nc2cccc(Cn3cccn3)c2)nc2cc(Cl)ccc21. The normalized spacial score (nSPS) is 11.1. The number of anilines is 1. The highest BCUT2D eigenvalue weighted by atomic mass is 35.5. The molecule has 0 fully saturated rings. The van der Waals surface area contributed by atoms with Crippen molar-refractivity contribution in [2.75, 3.05) is 5.32 Å². The molecule has 2 aromatic carbocycles. The highest BCUT2D eigenvalue weighted by Gasteiger charge is 2.11. The van der Waals surface area contributed by atoms with Crippen LogP contribution in [0.15, 0.2) is 60.9 Å². The minimum atomic E-state index is -0.0404. The van der Waals surface area contributed by atoms with Crippen molar-refractivity contribution >= 4 is 34.2 Å². The molecule has 0 bridgehead atoms. The van der Waals surface area contributed by atoms with Gasteiger partial charge in [-0.1, -0.05) is 23.7 Å². The number of hydrogen-bond acceptors (Lipinski definition) is 3. The van der Waals surface area contributed by atoms with E-state index in [2.05, 4.69) is 15.4 Å². The van der Waals surface area contributed by atoms with Gasteiger partial charge in [-0.05, 0) is 42.0 Å². The van der Waals surface area contributed by atoms with Crippen molar-refractivity contribution < 1.29 is 4.79 Å². The highest BCUT2D eigenvalue weighted by molar-refractivity contribution is 6.31. The van der Waals surface area contributed by atoms with Crippen molar-refractivity contribution in [2.45, 2.75) is 19.4 Å². The molecule has 4 rings (SSSR count). The maximum Gasteiger partial charge on any atom is 0.224 e. The maximum atomic E-state index is 12.4. The first-order valence-electron chi connectivity index (χ1n) is 9.05. The van der Waals surface area contributed by atoms with Crippen LogP contribution in [0, 0.1) is 0 Å². The van der Waals surface area contributed by atoms with Crippen LogP contribution in [0.25, 0.3) is 11.0 Å². The molecule has 7 heteroatoms. The molecule has 28 heavy (non-hydrogen) atoms. The Morgan fingerprint density at radius 3 is 2.89 bits per heavy atom. The Kier molecular flexibility index (Phi) is 5.12. The summed E-state index contributed by atoms with van der Waals surface area (Å²) in [5, 5.41) is 7.83. The second kappa shape index (κ2) is 7.86. The van der Waals surface area contributed by atoms with Crippen molar-refractivity contribution in [1.82, 2.24) is 19.3 Å². The van der Waals surface area contributed by atoms with Gasteiger partial charge in [-0.25, -0.2) is 4.98 Å². The van der Waals surface area contributed by atoms with Gasteiger partial charge in [-0.3, -0.25) is 9.48 Å². The molecule has 0 spiro atoms. The van der Waals surface area contributed by atoms with E-state index in [0.717, 1.165) is 28.1 Å². The minimum Gasteiger partial charge on any atom is -0.331 e. The monoisotopic (exact) mass is 393 g/mol. The Bertz CT molecular complexity index is 1120. The maximum absolute atomic E-state index is 12.4. The molecule has 0 aliphatic rings. The third kappa shape index (κ3) is 4.07. The molecular formula is C21H20ClN5O. The number of carbonyl (C=O) groups excluding carboxylic acids is 1. The fourth-order valence-corrected chi connectivity index (χ4v) is 3.39. The van der Waals surface area contributed by atoms with Crippen LogP contribution in [0.2, 0.25) is 5.02 Å². The predicted octanol–water partition coefficient (Wildman–Crippen LogP) is 4.04. The number of carbonyl (C=O) groups is 1. The lowest BCUT2D eigenvalue weighted by molar-refractivity contribution is -0.116. The zero-order valence-electron chi connectivity index (χ0n) is 15.5. The van der Waals surface area contributed by atoms with Gasteiger partial charge in [0.1, 0.15) is 5.82 Å². The summed E-state index contributed by atoms with van der Waals surface area (Å²) < 4.78 is 3.85. The number of aryl methyl sites for hydroxylation is 2. The number of rotatable bonds is 6. The first-order chi connectivity index (χ1) is 13.6. The summed E-state index contributed by atoms with van der Waals surface area (Å²) in [5.74, 6) is 0.821. The van der Waals surface area contributed by atoms with E-state index in [1.807, 2.05) is 71.0 Å². The molecule has 4 aromatic rings. The van der Waals surface area contributed by atoms with Crippen LogP contribution in [0.4, 0.5) is 5.69 Å². The third-order valence-corrected chi connectivity index (χ3v) is 4.86. The Morgan fingerprint density at radius 1 is 1.18 bits per heavy atom. The fourth-order valence-electron chi connectivity index (χ4n) is 3.22. The number of fused-ring (bicyclic) bond motifs is 1. The smallest absolute Gasteiger partial charge is 0.224 e. The van der Waals surface area contributed by atoms with Gasteiger partial charge in [0.15, 0.2) is 0 Å². The minimum absolute atomic E-state index is 0.0404. The Balaban J connectivity index is 1.39. The number of nitrogens with one attached hydrogen (secondary N) is 1. The second-order valence-electron chi connectivity index (χ2n) is 6.67. The van der Waals surface area contributed by atoms with Crippen LogP contribution in [0.1, 0.15) is 17.8 Å². The van der Waals surface area contributed by atoms with Crippen LogP contribution in [-0.2, 0) is 24.8 Å². The lowest BCUT2D eigenvalue weighted by Gasteiger charge is -2.08. The summed E-state index contributed by atoms with van der Waals surface area (Å²) in [6.45, 7) is 0.666. The van der Waals surface area contributed by atoms with Crippen molar-refractivity contribution in [3.05, 3.63) is 77.3 Å². The van der Waals surface area contributed by atoms with Crippen molar-refractivity contribution in [2.24, 2.45) is 7.05 Å². The fraction of sp³-hybridized carbons (Fsp3) is 0.190. The second-order valence-corrected chi connectivity index (χ2v) is 7.11. The summed E-state index contributed by atoms with van der Waals surface area (Å²) in [6, 6.07) is 15.3. The number of hydrogen-bond donors (Lipinski definition) is 1. The zero-order chi connectivity index (χ0) is 19.5. The summed E-state index contributed by atoms with van der Waals surface area (Å²) in [4.78, 5) is 17.0. The van der Waals surface area contributed by atoms with Gasteiger partial charge in [0.05, 0.1) is 17.6 Å². The average molecular weight is 394 g/mol. The number of aromatic nitrogens is 4. The van der Waals surface area contributed by atoms with Crippen LogP contribution < -0.4 is 5.32 Å². The topological polar surface area (TPSA) is 64.7 Å². The number of imidazole rings is 1. The number of benzene rings is 2. The predicted molar refractivity (Wildman–Crippen MR) is 110 cm³/mol. The molecule has 142 valence electrons. The Hall–Kier alpha value is -3.12. The molecule has 1 N–H and O–H groups in total. The van der Waals surface area contributed by atoms with Gasteiger partial charge in [0, 0.05) is 43.0 Å². The van der Waals surface area contributed by atoms with Crippen molar-refractivity contribution in [1.29, 1.82) is 0 Å². The van der Waals surface area contributed by atoms with E-state index in [9.17, 15) is 4.79 Å². The molecule has 0 aliphatic carbocycles. The first-order valence-corrected chi connectivity index (χ1v) is 9.43. The van der Waals surface area contributed by atoms with Crippen LogP contribution in [0.5, 0.6) is 0 Å². The van der Waals surface area contributed by atoms with Crippen LogP contribution in [-0.4, -0.2) is 25.2 Å².